The minimum absolute atomic E-state index is 0.0500. The normalized spacial score (nSPS) is 9.00. The average molecular weight is 160 g/mol. The molecule has 0 spiro atoms. The summed E-state index contributed by atoms with van der Waals surface area (Å²) in [6.07, 6.45) is 0. The number of nitriles is 1. The number of aromatic nitrogens is 1. The average Bonchev–Trinajstić information content (AvgIpc) is 2.05. The summed E-state index contributed by atoms with van der Waals surface area (Å²) in [4.78, 5) is 14.4. The zero-order valence-electron chi connectivity index (χ0n) is 6.24. The maximum Gasteiger partial charge on any atom is 0.267 e. The molecule has 0 aliphatic rings. The van der Waals surface area contributed by atoms with Gasteiger partial charge in [0.1, 0.15) is 17.5 Å². The summed E-state index contributed by atoms with van der Waals surface area (Å²) in [7, 11) is 0. The molecule has 1 radical (unpaired) electrons. The molecule has 1 aromatic heterocycles. The summed E-state index contributed by atoms with van der Waals surface area (Å²) in [5.41, 5.74) is 5.63. The Morgan fingerprint density at radius 2 is 2.33 bits per heavy atom. The second kappa shape index (κ2) is 3.01. The standard InChI is InChI=1S/C8H6N3O/c1-5-2-3-6(4-9)11-7(5)8(10)12/h2-3H,1H2,(H2,10,12). The van der Waals surface area contributed by atoms with Crippen molar-refractivity contribution in [3.8, 4) is 6.07 Å². The number of nitrogens with two attached hydrogens (primary N) is 1. The van der Waals surface area contributed by atoms with E-state index in [9.17, 15) is 4.79 Å². The Balaban J connectivity index is 3.28. The number of carbonyl (C=O) groups excluding carboxylic acids is 1. The molecule has 1 heterocycles. The number of nitrogens with zero attached hydrogens (tertiary/aromatic N) is 2. The highest BCUT2D eigenvalue weighted by Crippen LogP contribution is 2.04. The van der Waals surface area contributed by atoms with Crippen molar-refractivity contribution in [1.82, 2.24) is 4.98 Å². The Hall–Kier alpha value is -1.89. The molecule has 1 amide bonds. The second-order valence-corrected chi connectivity index (χ2v) is 2.18. The van der Waals surface area contributed by atoms with Gasteiger partial charge in [0.2, 0.25) is 0 Å². The van der Waals surface area contributed by atoms with Crippen LogP contribution in [0.25, 0.3) is 0 Å². The van der Waals surface area contributed by atoms with Crippen molar-refractivity contribution in [2.45, 2.75) is 0 Å². The van der Waals surface area contributed by atoms with Gasteiger partial charge in [0.15, 0.2) is 0 Å². The van der Waals surface area contributed by atoms with E-state index in [1.807, 2.05) is 0 Å². The number of hydrogen-bond donors (Lipinski definition) is 1. The highest BCUT2D eigenvalue weighted by Gasteiger charge is 2.06. The molecule has 12 heavy (non-hydrogen) atoms. The number of pyridine rings is 1. The number of rotatable bonds is 1. The number of primary amides is 1. The van der Waals surface area contributed by atoms with Crippen molar-refractivity contribution in [2.24, 2.45) is 5.73 Å². The molecule has 0 aromatic carbocycles. The minimum Gasteiger partial charge on any atom is -0.364 e. The molecule has 0 atom stereocenters. The first kappa shape index (κ1) is 8.21. The minimum atomic E-state index is -0.669. The Kier molecular flexibility index (Phi) is 2.06. The van der Waals surface area contributed by atoms with Crippen LogP contribution in [0.2, 0.25) is 0 Å². The Labute approximate surface area is 69.6 Å². The lowest BCUT2D eigenvalue weighted by atomic mass is 10.2. The van der Waals surface area contributed by atoms with Crippen LogP contribution in [0.1, 0.15) is 21.7 Å². The fourth-order valence-electron chi connectivity index (χ4n) is 0.764. The molecule has 0 aliphatic heterocycles. The topological polar surface area (TPSA) is 79.8 Å². The smallest absolute Gasteiger partial charge is 0.267 e. The Bertz CT molecular complexity index is 365. The highest BCUT2D eigenvalue weighted by atomic mass is 16.1. The van der Waals surface area contributed by atoms with Crippen molar-refractivity contribution in [2.75, 3.05) is 0 Å². The molecule has 4 heteroatoms. The second-order valence-electron chi connectivity index (χ2n) is 2.18. The van der Waals surface area contributed by atoms with E-state index in [1.54, 1.807) is 6.07 Å². The number of carbonyl (C=O) groups is 1. The van der Waals surface area contributed by atoms with E-state index >= 15 is 0 Å². The van der Waals surface area contributed by atoms with Crippen LogP contribution in [-0.4, -0.2) is 10.9 Å². The molecule has 0 aliphatic carbocycles. The van der Waals surface area contributed by atoms with Crippen molar-refractivity contribution in [3.63, 3.8) is 0 Å². The van der Waals surface area contributed by atoms with E-state index in [2.05, 4.69) is 11.9 Å². The van der Waals surface area contributed by atoms with Gasteiger partial charge >= 0.3 is 0 Å². The van der Waals surface area contributed by atoms with Crippen molar-refractivity contribution in [3.05, 3.63) is 36.0 Å². The van der Waals surface area contributed by atoms with Gasteiger partial charge in [0.25, 0.3) is 5.91 Å². The van der Waals surface area contributed by atoms with Gasteiger partial charge in [-0.1, -0.05) is 6.07 Å². The van der Waals surface area contributed by atoms with Crippen LogP contribution in [0.15, 0.2) is 12.1 Å². The lowest BCUT2D eigenvalue weighted by Crippen LogP contribution is -2.15. The largest absolute Gasteiger partial charge is 0.364 e. The number of hydrogen-bond acceptors (Lipinski definition) is 3. The van der Waals surface area contributed by atoms with Crippen LogP contribution in [0.3, 0.4) is 0 Å². The maximum absolute atomic E-state index is 10.7. The molecule has 0 saturated carbocycles. The van der Waals surface area contributed by atoms with Crippen molar-refractivity contribution in [1.29, 1.82) is 5.26 Å². The summed E-state index contributed by atoms with van der Waals surface area (Å²) >= 11 is 0. The van der Waals surface area contributed by atoms with Gasteiger partial charge in [-0.2, -0.15) is 5.26 Å². The third-order valence-electron chi connectivity index (χ3n) is 1.33. The van der Waals surface area contributed by atoms with E-state index in [1.165, 1.54) is 12.1 Å². The fraction of sp³-hybridized carbons (Fsp3) is 0. The van der Waals surface area contributed by atoms with E-state index in [0.29, 0.717) is 5.56 Å². The molecule has 1 aromatic rings. The summed E-state index contributed by atoms with van der Waals surface area (Å²) in [5, 5.41) is 8.45. The number of amides is 1. The van der Waals surface area contributed by atoms with E-state index < -0.39 is 5.91 Å². The van der Waals surface area contributed by atoms with Crippen LogP contribution in [0.4, 0.5) is 0 Å². The lowest BCUT2D eigenvalue weighted by Gasteiger charge is -1.98. The van der Waals surface area contributed by atoms with Crippen molar-refractivity contribution < 1.29 is 4.79 Å². The van der Waals surface area contributed by atoms with Gasteiger partial charge in [-0.05, 0) is 18.6 Å². The molecule has 59 valence electrons. The maximum atomic E-state index is 10.7. The molecular formula is C8H6N3O. The summed E-state index contributed by atoms with van der Waals surface area (Å²) in [6.45, 7) is 3.54. The van der Waals surface area contributed by atoms with Crippen LogP contribution in [0, 0.1) is 18.3 Å². The molecule has 4 nitrogen and oxygen atoms in total. The molecule has 1 rings (SSSR count). The molecule has 0 bridgehead atoms. The van der Waals surface area contributed by atoms with Gasteiger partial charge < -0.3 is 5.73 Å². The lowest BCUT2D eigenvalue weighted by molar-refractivity contribution is 0.0995. The van der Waals surface area contributed by atoms with Gasteiger partial charge in [-0.15, -0.1) is 0 Å². The molecule has 0 unspecified atom stereocenters. The first-order chi connectivity index (χ1) is 5.65. The zero-order chi connectivity index (χ0) is 9.14. The van der Waals surface area contributed by atoms with Crippen LogP contribution in [-0.2, 0) is 0 Å². The van der Waals surface area contributed by atoms with Gasteiger partial charge in [-0.3, -0.25) is 4.79 Å². The zero-order valence-corrected chi connectivity index (χ0v) is 6.24. The molecule has 2 N–H and O–H groups in total. The van der Waals surface area contributed by atoms with E-state index in [0.717, 1.165) is 0 Å². The monoisotopic (exact) mass is 160 g/mol. The summed E-state index contributed by atoms with van der Waals surface area (Å²) in [5.74, 6) is -0.669. The van der Waals surface area contributed by atoms with Crippen LogP contribution in [0.5, 0.6) is 0 Å². The first-order valence-corrected chi connectivity index (χ1v) is 3.18. The molecule has 0 fully saturated rings. The first-order valence-electron chi connectivity index (χ1n) is 3.18. The van der Waals surface area contributed by atoms with Crippen LogP contribution < -0.4 is 5.73 Å². The quantitative estimate of drug-likeness (QED) is 0.638. The fourth-order valence-corrected chi connectivity index (χ4v) is 0.764. The molecular weight excluding hydrogens is 154 g/mol. The third-order valence-corrected chi connectivity index (χ3v) is 1.33. The highest BCUT2D eigenvalue weighted by molar-refractivity contribution is 5.92. The Morgan fingerprint density at radius 1 is 1.67 bits per heavy atom. The van der Waals surface area contributed by atoms with Crippen LogP contribution >= 0.6 is 0 Å². The van der Waals surface area contributed by atoms with E-state index in [-0.39, 0.29) is 11.4 Å². The third kappa shape index (κ3) is 1.40. The van der Waals surface area contributed by atoms with E-state index in [4.69, 9.17) is 11.0 Å². The predicted octanol–water partition coefficient (Wildman–Crippen LogP) is 0.234. The summed E-state index contributed by atoms with van der Waals surface area (Å²) < 4.78 is 0. The summed E-state index contributed by atoms with van der Waals surface area (Å²) in [6, 6.07) is 4.82. The van der Waals surface area contributed by atoms with Gasteiger partial charge in [-0.25, -0.2) is 4.98 Å². The molecule has 0 saturated heterocycles. The predicted molar refractivity (Wildman–Crippen MR) is 41.9 cm³/mol. The Morgan fingerprint density at radius 3 is 2.83 bits per heavy atom. The van der Waals surface area contributed by atoms with Gasteiger partial charge in [0, 0.05) is 0 Å². The SMILES string of the molecule is [CH2]c1ccc(C#N)nc1C(N)=O. The van der Waals surface area contributed by atoms with Gasteiger partial charge in [0.05, 0.1) is 0 Å². The van der Waals surface area contributed by atoms with Crippen molar-refractivity contribution >= 4 is 5.91 Å².